The van der Waals surface area contributed by atoms with E-state index in [1.807, 2.05) is 6.92 Å². The van der Waals surface area contributed by atoms with Gasteiger partial charge in [0.25, 0.3) is 0 Å². The molecule has 0 spiro atoms. The molecule has 1 aliphatic heterocycles. The minimum absolute atomic E-state index is 0.0450. The molecule has 1 aromatic heterocycles. The Morgan fingerprint density at radius 3 is 2.65 bits per heavy atom. The molecule has 0 aromatic carbocycles. The maximum atomic E-state index is 12.5. The van der Waals surface area contributed by atoms with Gasteiger partial charge in [0.1, 0.15) is 12.1 Å². The van der Waals surface area contributed by atoms with E-state index in [1.165, 1.54) is 4.80 Å². The molecular weight excluding hydrogens is 260 g/mol. The van der Waals surface area contributed by atoms with E-state index in [4.69, 9.17) is 0 Å². The Hall–Kier alpha value is -1.99. The number of hydrogen-bond donors (Lipinski definition) is 1. The van der Waals surface area contributed by atoms with Gasteiger partial charge in [0.05, 0.1) is 13.6 Å². The van der Waals surface area contributed by atoms with Crippen molar-refractivity contribution in [3.05, 3.63) is 5.82 Å². The van der Waals surface area contributed by atoms with Gasteiger partial charge in [-0.3, -0.25) is 9.59 Å². The minimum Gasteiger partial charge on any atom is -0.343 e. The van der Waals surface area contributed by atoms with Crippen LogP contribution in [0.3, 0.4) is 0 Å². The molecule has 2 atom stereocenters. The third-order valence-electron chi connectivity index (χ3n) is 3.84. The second kappa shape index (κ2) is 4.84. The quantitative estimate of drug-likeness (QED) is 0.780. The first-order valence-electron chi connectivity index (χ1n) is 6.94. The van der Waals surface area contributed by atoms with Crippen LogP contribution in [0.25, 0.3) is 0 Å². The highest BCUT2D eigenvalue weighted by Gasteiger charge is 2.47. The van der Waals surface area contributed by atoms with Gasteiger partial charge in [-0.2, -0.15) is 4.80 Å². The molecule has 2 fully saturated rings. The van der Waals surface area contributed by atoms with Crippen molar-refractivity contribution in [1.29, 1.82) is 0 Å². The van der Waals surface area contributed by atoms with Crippen molar-refractivity contribution in [2.75, 3.05) is 0 Å². The van der Waals surface area contributed by atoms with Crippen LogP contribution in [-0.2, 0) is 23.2 Å². The summed E-state index contributed by atoms with van der Waals surface area (Å²) >= 11 is 0. The van der Waals surface area contributed by atoms with Gasteiger partial charge in [0.15, 0.2) is 5.82 Å². The van der Waals surface area contributed by atoms with E-state index in [2.05, 4.69) is 20.7 Å². The maximum Gasteiger partial charge on any atom is 0.246 e. The van der Waals surface area contributed by atoms with Crippen molar-refractivity contribution >= 4 is 11.8 Å². The van der Waals surface area contributed by atoms with E-state index in [0.29, 0.717) is 12.2 Å². The van der Waals surface area contributed by atoms with Gasteiger partial charge in [0.2, 0.25) is 11.8 Å². The second-order valence-electron chi connectivity index (χ2n) is 5.41. The van der Waals surface area contributed by atoms with Crippen LogP contribution in [0.2, 0.25) is 0 Å². The second-order valence-corrected chi connectivity index (χ2v) is 5.41. The molecule has 0 radical (unpaired) electrons. The van der Waals surface area contributed by atoms with E-state index in [0.717, 1.165) is 12.8 Å². The van der Waals surface area contributed by atoms with Crippen molar-refractivity contribution in [2.24, 2.45) is 13.0 Å². The van der Waals surface area contributed by atoms with Gasteiger partial charge >= 0.3 is 0 Å². The lowest BCUT2D eigenvalue weighted by molar-refractivity contribution is -0.151. The van der Waals surface area contributed by atoms with Crippen molar-refractivity contribution in [3.8, 4) is 0 Å². The molecule has 1 saturated heterocycles. The van der Waals surface area contributed by atoms with Crippen LogP contribution in [0.5, 0.6) is 0 Å². The fourth-order valence-electron chi connectivity index (χ4n) is 2.67. The van der Waals surface area contributed by atoms with Crippen LogP contribution >= 0.6 is 0 Å². The molecule has 2 aliphatic rings. The summed E-state index contributed by atoms with van der Waals surface area (Å²) in [6.45, 7) is 2.14. The van der Waals surface area contributed by atoms with E-state index in [-0.39, 0.29) is 30.3 Å². The van der Waals surface area contributed by atoms with E-state index in [9.17, 15) is 9.59 Å². The van der Waals surface area contributed by atoms with Gasteiger partial charge in [-0.25, -0.2) is 0 Å². The van der Waals surface area contributed by atoms with Crippen LogP contribution < -0.4 is 5.32 Å². The maximum absolute atomic E-state index is 12.5. The van der Waals surface area contributed by atoms with Crippen LogP contribution in [0.1, 0.15) is 32.0 Å². The van der Waals surface area contributed by atoms with Gasteiger partial charge < -0.3 is 10.2 Å². The van der Waals surface area contributed by atoms with Gasteiger partial charge in [-0.05, 0) is 30.4 Å². The molecule has 8 nitrogen and oxygen atoms in total. The highest BCUT2D eigenvalue weighted by Crippen LogP contribution is 2.37. The molecule has 2 amide bonds. The standard InChI is InChI=1S/C12H18N6O2/c1-3-8-12(20)18(6-9-14-16-17(2)15-9)10(7-4-5-7)11(19)13-8/h7-8,10H,3-6H2,1-2H3,(H,13,19). The Bertz CT molecular complexity index is 538. The number of tetrazole rings is 1. The third-order valence-corrected chi connectivity index (χ3v) is 3.84. The fourth-order valence-corrected chi connectivity index (χ4v) is 2.67. The molecule has 1 aromatic rings. The normalized spacial score (nSPS) is 26.8. The van der Waals surface area contributed by atoms with Gasteiger partial charge in [0, 0.05) is 0 Å². The zero-order valence-electron chi connectivity index (χ0n) is 11.6. The Balaban J connectivity index is 1.85. The largest absolute Gasteiger partial charge is 0.343 e. The van der Waals surface area contributed by atoms with Crippen molar-refractivity contribution in [3.63, 3.8) is 0 Å². The number of aromatic nitrogens is 4. The summed E-state index contributed by atoms with van der Waals surface area (Å²) in [5.74, 6) is 0.642. The molecule has 1 aliphatic carbocycles. The smallest absolute Gasteiger partial charge is 0.246 e. The summed E-state index contributed by atoms with van der Waals surface area (Å²) in [4.78, 5) is 27.7. The fraction of sp³-hybridized carbons (Fsp3) is 0.750. The van der Waals surface area contributed by atoms with Crippen LogP contribution in [0, 0.1) is 5.92 Å². The van der Waals surface area contributed by atoms with Crippen molar-refractivity contribution in [2.45, 2.75) is 44.8 Å². The number of amides is 2. The van der Waals surface area contributed by atoms with Gasteiger partial charge in [-0.1, -0.05) is 6.92 Å². The number of piperazine rings is 1. The lowest BCUT2D eigenvalue weighted by Crippen LogP contribution is -2.63. The predicted octanol–water partition coefficient (Wildman–Crippen LogP) is -0.774. The first kappa shape index (κ1) is 13.0. The highest BCUT2D eigenvalue weighted by atomic mass is 16.2. The van der Waals surface area contributed by atoms with Crippen LogP contribution in [-0.4, -0.2) is 49.0 Å². The Labute approximate surface area is 116 Å². The molecule has 8 heteroatoms. The monoisotopic (exact) mass is 278 g/mol. The number of nitrogens with zero attached hydrogens (tertiary/aromatic N) is 5. The molecule has 2 unspecified atom stereocenters. The summed E-state index contributed by atoms with van der Waals surface area (Å²) in [5, 5.41) is 14.6. The number of rotatable bonds is 4. The number of nitrogens with one attached hydrogen (secondary N) is 1. The number of carbonyl (C=O) groups is 2. The molecule has 1 N–H and O–H groups in total. The minimum atomic E-state index is -0.436. The first-order chi connectivity index (χ1) is 9.60. The molecular formula is C12H18N6O2. The summed E-state index contributed by atoms with van der Waals surface area (Å²) in [7, 11) is 1.68. The average molecular weight is 278 g/mol. The summed E-state index contributed by atoms with van der Waals surface area (Å²) in [6.07, 6.45) is 2.57. The number of hydrogen-bond acceptors (Lipinski definition) is 5. The van der Waals surface area contributed by atoms with Crippen LogP contribution in [0.4, 0.5) is 0 Å². The number of aryl methyl sites for hydroxylation is 1. The summed E-state index contributed by atoms with van der Waals surface area (Å²) in [6, 6.07) is -0.816. The Kier molecular flexibility index (Phi) is 3.15. The average Bonchev–Trinajstić information content (AvgIpc) is 3.16. The SMILES string of the molecule is CCC1NC(=O)C(C2CC2)N(Cc2nnn(C)n2)C1=O. The number of carbonyl (C=O) groups excluding carboxylic acids is 2. The summed E-state index contributed by atoms with van der Waals surface area (Å²) in [5.41, 5.74) is 0. The zero-order chi connectivity index (χ0) is 14.3. The third kappa shape index (κ3) is 2.25. The molecule has 20 heavy (non-hydrogen) atoms. The topological polar surface area (TPSA) is 93.0 Å². The zero-order valence-corrected chi connectivity index (χ0v) is 11.6. The van der Waals surface area contributed by atoms with Gasteiger partial charge in [-0.15, -0.1) is 10.2 Å². The van der Waals surface area contributed by atoms with E-state index in [1.54, 1.807) is 11.9 Å². The molecule has 2 heterocycles. The molecule has 108 valence electrons. The molecule has 1 saturated carbocycles. The van der Waals surface area contributed by atoms with E-state index < -0.39 is 6.04 Å². The summed E-state index contributed by atoms with van der Waals surface area (Å²) < 4.78 is 0. The lowest BCUT2D eigenvalue weighted by atomic mass is 10.0. The van der Waals surface area contributed by atoms with E-state index >= 15 is 0 Å². The lowest BCUT2D eigenvalue weighted by Gasteiger charge is -2.38. The Morgan fingerprint density at radius 1 is 1.35 bits per heavy atom. The molecule has 0 bridgehead atoms. The van der Waals surface area contributed by atoms with Crippen LogP contribution in [0.15, 0.2) is 0 Å². The molecule has 3 rings (SSSR count). The van der Waals surface area contributed by atoms with Crippen molar-refractivity contribution in [1.82, 2.24) is 30.4 Å². The predicted molar refractivity (Wildman–Crippen MR) is 68.1 cm³/mol. The first-order valence-corrected chi connectivity index (χ1v) is 6.94. The Morgan fingerprint density at radius 2 is 2.10 bits per heavy atom. The van der Waals surface area contributed by atoms with Crippen molar-refractivity contribution < 1.29 is 9.59 Å². The highest BCUT2D eigenvalue weighted by molar-refractivity contribution is 5.97.